The van der Waals surface area contributed by atoms with Gasteiger partial charge < -0.3 is 4.57 Å². The summed E-state index contributed by atoms with van der Waals surface area (Å²) in [6.07, 6.45) is 3.14. The maximum absolute atomic E-state index is 11.1. The van der Waals surface area contributed by atoms with Crippen LogP contribution in [0, 0.1) is 0 Å². The van der Waals surface area contributed by atoms with Crippen molar-refractivity contribution in [2.45, 2.75) is 0 Å². The van der Waals surface area contributed by atoms with Gasteiger partial charge in [-0.3, -0.25) is 4.57 Å². The van der Waals surface area contributed by atoms with Crippen molar-refractivity contribution in [2.24, 2.45) is 14.1 Å². The predicted octanol–water partition coefficient (Wildman–Crippen LogP) is -0.333. The molecular formula is C7H8N4O. The van der Waals surface area contributed by atoms with E-state index in [2.05, 4.69) is 9.97 Å². The van der Waals surface area contributed by atoms with Crippen LogP contribution >= 0.6 is 0 Å². The Morgan fingerprint density at radius 2 is 2.08 bits per heavy atom. The number of imidazole rings is 1. The smallest absolute Gasteiger partial charge is 0.320 e. The van der Waals surface area contributed by atoms with E-state index in [4.69, 9.17) is 0 Å². The van der Waals surface area contributed by atoms with E-state index in [0.29, 0.717) is 0 Å². The fourth-order valence-corrected chi connectivity index (χ4v) is 1.23. The summed E-state index contributed by atoms with van der Waals surface area (Å²) in [6, 6.07) is 0. The molecule has 2 heterocycles. The Bertz CT molecular complexity index is 482. The molecule has 0 unspecified atom stereocenters. The summed E-state index contributed by atoms with van der Waals surface area (Å²) in [4.78, 5) is 18.8. The molecule has 0 aromatic carbocycles. The highest BCUT2D eigenvalue weighted by atomic mass is 16.1. The van der Waals surface area contributed by atoms with Crippen molar-refractivity contribution in [1.29, 1.82) is 0 Å². The molecule has 62 valence electrons. The quantitative estimate of drug-likeness (QED) is 0.535. The molecule has 0 spiro atoms. The zero-order valence-corrected chi connectivity index (χ0v) is 6.85. The molecule has 12 heavy (non-hydrogen) atoms. The average Bonchev–Trinajstić information content (AvgIpc) is 2.41. The second kappa shape index (κ2) is 2.17. The van der Waals surface area contributed by atoms with Crippen molar-refractivity contribution in [3.63, 3.8) is 0 Å². The topological polar surface area (TPSA) is 52.7 Å². The molecule has 2 aromatic rings. The van der Waals surface area contributed by atoms with Crippen molar-refractivity contribution in [2.75, 3.05) is 0 Å². The second-order valence-electron chi connectivity index (χ2n) is 2.66. The van der Waals surface area contributed by atoms with Crippen molar-refractivity contribution >= 4 is 11.2 Å². The number of fused-ring (bicyclic) bond motifs is 1. The lowest BCUT2D eigenvalue weighted by Crippen LogP contribution is -2.20. The van der Waals surface area contributed by atoms with Crippen LogP contribution in [0.4, 0.5) is 0 Å². The van der Waals surface area contributed by atoms with E-state index < -0.39 is 0 Å². The zero-order valence-electron chi connectivity index (χ0n) is 6.85. The molecule has 0 amide bonds. The number of aromatic nitrogens is 4. The maximum Gasteiger partial charge on any atom is 0.348 e. The van der Waals surface area contributed by atoms with Crippen LogP contribution in [0.25, 0.3) is 11.2 Å². The van der Waals surface area contributed by atoms with Gasteiger partial charge in [-0.05, 0) is 0 Å². The van der Waals surface area contributed by atoms with E-state index in [1.165, 1.54) is 10.8 Å². The van der Waals surface area contributed by atoms with Crippen LogP contribution in [-0.4, -0.2) is 19.1 Å². The first kappa shape index (κ1) is 7.02. The Kier molecular flexibility index (Phi) is 1.27. The number of hydrogen-bond acceptors (Lipinski definition) is 3. The van der Waals surface area contributed by atoms with E-state index in [9.17, 15) is 4.79 Å². The normalized spacial score (nSPS) is 10.8. The number of aryl methyl sites for hydroxylation is 2. The first-order valence-corrected chi connectivity index (χ1v) is 3.53. The molecule has 2 rings (SSSR count). The van der Waals surface area contributed by atoms with Crippen LogP contribution in [0.5, 0.6) is 0 Å². The van der Waals surface area contributed by atoms with Gasteiger partial charge in [-0.15, -0.1) is 0 Å². The molecule has 5 heteroatoms. The van der Waals surface area contributed by atoms with Gasteiger partial charge in [-0.25, -0.2) is 9.78 Å². The Morgan fingerprint density at radius 3 is 2.83 bits per heavy atom. The third-order valence-electron chi connectivity index (χ3n) is 1.84. The zero-order chi connectivity index (χ0) is 8.72. The molecule has 0 saturated heterocycles. The monoisotopic (exact) mass is 164 g/mol. The highest BCUT2D eigenvalue weighted by Gasteiger charge is 2.03. The molecule has 0 aliphatic carbocycles. The molecule has 0 fully saturated rings. The summed E-state index contributed by atoms with van der Waals surface area (Å²) in [5.41, 5.74) is 1.26. The molecule has 0 saturated carbocycles. The summed E-state index contributed by atoms with van der Waals surface area (Å²) in [5, 5.41) is 0. The summed E-state index contributed by atoms with van der Waals surface area (Å²) in [5.74, 6) is 0. The van der Waals surface area contributed by atoms with Crippen LogP contribution in [-0.2, 0) is 14.1 Å². The van der Waals surface area contributed by atoms with Crippen molar-refractivity contribution in [1.82, 2.24) is 19.1 Å². The molecule has 0 radical (unpaired) electrons. The van der Waals surface area contributed by atoms with Crippen LogP contribution in [0.2, 0.25) is 0 Å². The van der Waals surface area contributed by atoms with Gasteiger partial charge in [0.2, 0.25) is 0 Å². The first-order valence-electron chi connectivity index (χ1n) is 3.53. The Morgan fingerprint density at radius 1 is 1.33 bits per heavy atom. The van der Waals surface area contributed by atoms with Crippen LogP contribution < -0.4 is 5.69 Å². The Balaban J connectivity index is 3.06. The van der Waals surface area contributed by atoms with Gasteiger partial charge in [0.25, 0.3) is 0 Å². The summed E-state index contributed by atoms with van der Waals surface area (Å²) < 4.78 is 3.26. The minimum absolute atomic E-state index is 0.258. The molecule has 0 aliphatic heterocycles. The SMILES string of the molecule is Cn1cnc2cnc(=O)n(C)c21. The average molecular weight is 164 g/mol. The molecule has 0 atom stereocenters. The van der Waals surface area contributed by atoms with Gasteiger partial charge in [0.05, 0.1) is 12.5 Å². The molecular weight excluding hydrogens is 156 g/mol. The lowest BCUT2D eigenvalue weighted by atomic mass is 10.5. The third-order valence-corrected chi connectivity index (χ3v) is 1.84. The van der Waals surface area contributed by atoms with Gasteiger partial charge in [0.15, 0.2) is 0 Å². The number of nitrogens with zero attached hydrogens (tertiary/aromatic N) is 4. The summed E-state index contributed by atoms with van der Waals surface area (Å²) in [6.45, 7) is 0. The third kappa shape index (κ3) is 0.761. The lowest BCUT2D eigenvalue weighted by Gasteiger charge is -1.99. The molecule has 0 bridgehead atoms. The summed E-state index contributed by atoms with van der Waals surface area (Å²) in [7, 11) is 3.52. The minimum Gasteiger partial charge on any atom is -0.320 e. The van der Waals surface area contributed by atoms with Crippen LogP contribution in [0.1, 0.15) is 0 Å². The maximum atomic E-state index is 11.1. The second-order valence-corrected chi connectivity index (χ2v) is 2.66. The van der Waals surface area contributed by atoms with Crippen LogP contribution in [0.15, 0.2) is 17.3 Å². The van der Waals surface area contributed by atoms with Gasteiger partial charge in [-0.1, -0.05) is 0 Å². The van der Waals surface area contributed by atoms with Crippen molar-refractivity contribution < 1.29 is 0 Å². The number of rotatable bonds is 0. The molecule has 5 nitrogen and oxygen atoms in total. The Hall–Kier alpha value is -1.65. The molecule has 0 N–H and O–H groups in total. The lowest BCUT2D eigenvalue weighted by molar-refractivity contribution is 0.799. The first-order chi connectivity index (χ1) is 5.70. The van der Waals surface area contributed by atoms with Gasteiger partial charge in [-0.2, -0.15) is 4.98 Å². The summed E-state index contributed by atoms with van der Waals surface area (Å²) >= 11 is 0. The van der Waals surface area contributed by atoms with Gasteiger partial charge >= 0.3 is 5.69 Å². The van der Waals surface area contributed by atoms with Crippen molar-refractivity contribution in [3.05, 3.63) is 23.0 Å². The molecule has 0 aliphatic rings. The Labute approximate surface area is 68.3 Å². The van der Waals surface area contributed by atoms with E-state index >= 15 is 0 Å². The van der Waals surface area contributed by atoms with Crippen LogP contribution in [0.3, 0.4) is 0 Å². The number of hydrogen-bond donors (Lipinski definition) is 0. The fourth-order valence-electron chi connectivity index (χ4n) is 1.23. The van der Waals surface area contributed by atoms with E-state index in [-0.39, 0.29) is 5.69 Å². The van der Waals surface area contributed by atoms with E-state index in [1.807, 2.05) is 7.05 Å². The van der Waals surface area contributed by atoms with Gasteiger partial charge in [0.1, 0.15) is 11.2 Å². The molecule has 2 aromatic heterocycles. The van der Waals surface area contributed by atoms with E-state index in [0.717, 1.165) is 11.2 Å². The van der Waals surface area contributed by atoms with Crippen molar-refractivity contribution in [3.8, 4) is 0 Å². The minimum atomic E-state index is -0.258. The van der Waals surface area contributed by atoms with Gasteiger partial charge in [0, 0.05) is 14.1 Å². The van der Waals surface area contributed by atoms with E-state index in [1.54, 1.807) is 17.9 Å². The largest absolute Gasteiger partial charge is 0.348 e. The predicted molar refractivity (Wildman–Crippen MR) is 43.8 cm³/mol. The standard InChI is InChI=1S/C7H8N4O/c1-10-4-9-5-3-8-7(12)11(2)6(5)10/h3-4H,1-2H3. The highest BCUT2D eigenvalue weighted by molar-refractivity contribution is 5.69. The highest BCUT2D eigenvalue weighted by Crippen LogP contribution is 2.04. The fraction of sp³-hybridized carbons (Fsp3) is 0.286.